The molecule has 32 heavy (non-hydrogen) atoms. The first kappa shape index (κ1) is 23.3. The molecule has 1 heterocycles. The molecule has 164 valence electrons. The van der Waals surface area contributed by atoms with Crippen LogP contribution in [-0.2, 0) is 10.3 Å². The second-order valence-corrected chi connectivity index (χ2v) is 8.15. The average Bonchev–Trinajstić information content (AvgIpc) is 3.59. The third kappa shape index (κ3) is 5.64. The Bertz CT molecular complexity index is 1090. The zero-order chi connectivity index (χ0) is 23.1. The van der Waals surface area contributed by atoms with Crippen molar-refractivity contribution in [1.29, 1.82) is 10.5 Å². The number of amides is 1. The minimum Gasteiger partial charge on any atom is -0.331 e. The van der Waals surface area contributed by atoms with Gasteiger partial charge in [0.2, 0.25) is 5.91 Å². The second kappa shape index (κ2) is 10.3. The zero-order valence-electron chi connectivity index (χ0n) is 18.2. The number of hydrogen-bond donors (Lipinski definition) is 2. The lowest BCUT2D eigenvalue weighted by Gasteiger charge is -2.22. The largest absolute Gasteiger partial charge is 0.331 e. The van der Waals surface area contributed by atoms with Gasteiger partial charge in [-0.2, -0.15) is 10.5 Å². The Kier molecular flexibility index (Phi) is 7.48. The highest BCUT2D eigenvalue weighted by Crippen LogP contribution is 2.46. The number of allylic oxidation sites excluding steroid dienone is 1. The van der Waals surface area contributed by atoms with Gasteiger partial charge in [0.05, 0.1) is 17.2 Å². The van der Waals surface area contributed by atoms with Gasteiger partial charge in [-0.05, 0) is 62.6 Å². The molecule has 0 radical (unpaired) electrons. The minimum absolute atomic E-state index is 0.0969. The van der Waals surface area contributed by atoms with Crippen LogP contribution in [0.25, 0.3) is 0 Å². The number of hydrogen-bond acceptors (Lipinski definition) is 6. The third-order valence-corrected chi connectivity index (χ3v) is 5.70. The van der Waals surface area contributed by atoms with E-state index in [1.807, 2.05) is 30.9 Å². The molecule has 2 aromatic rings. The van der Waals surface area contributed by atoms with Gasteiger partial charge in [0.15, 0.2) is 0 Å². The lowest BCUT2D eigenvalue weighted by molar-refractivity contribution is -0.120. The first-order chi connectivity index (χ1) is 15.4. The van der Waals surface area contributed by atoms with Crippen LogP contribution in [0.15, 0.2) is 48.4 Å². The minimum atomic E-state index is -0.206. The van der Waals surface area contributed by atoms with Crippen molar-refractivity contribution in [3.05, 3.63) is 70.1 Å². The van der Waals surface area contributed by atoms with Gasteiger partial charge < -0.3 is 15.5 Å². The van der Waals surface area contributed by atoms with Crippen molar-refractivity contribution in [2.75, 3.05) is 18.0 Å². The average molecular weight is 449 g/mol. The summed E-state index contributed by atoms with van der Waals surface area (Å²) in [5.74, 6) is 0.616. The van der Waals surface area contributed by atoms with Gasteiger partial charge in [0.1, 0.15) is 11.9 Å². The van der Waals surface area contributed by atoms with Crippen LogP contribution >= 0.6 is 11.6 Å². The quantitative estimate of drug-likeness (QED) is 0.601. The number of aromatic nitrogens is 1. The summed E-state index contributed by atoms with van der Waals surface area (Å²) in [5.41, 5.74) is 2.67. The summed E-state index contributed by atoms with van der Waals surface area (Å²) in [5, 5.41) is 24.9. The van der Waals surface area contributed by atoms with Crippen LogP contribution in [0.2, 0.25) is 5.02 Å². The van der Waals surface area contributed by atoms with Crippen LogP contribution < -0.4 is 15.5 Å². The molecule has 7 nitrogen and oxygen atoms in total. The normalized spacial score (nSPS) is 14.2. The van der Waals surface area contributed by atoms with Gasteiger partial charge >= 0.3 is 0 Å². The molecule has 1 fully saturated rings. The zero-order valence-corrected chi connectivity index (χ0v) is 18.9. The smallest absolute Gasteiger partial charge is 0.225 e. The van der Waals surface area contributed by atoms with Crippen molar-refractivity contribution < 1.29 is 4.79 Å². The van der Waals surface area contributed by atoms with Crippen LogP contribution in [0.1, 0.15) is 49.8 Å². The van der Waals surface area contributed by atoms with Crippen molar-refractivity contribution in [3.63, 3.8) is 0 Å². The second-order valence-electron chi connectivity index (χ2n) is 7.71. The number of nitriles is 2. The van der Waals surface area contributed by atoms with Crippen LogP contribution in [0.4, 0.5) is 5.82 Å². The van der Waals surface area contributed by atoms with E-state index in [2.05, 4.69) is 27.8 Å². The number of rotatable bonds is 9. The fraction of sp³-hybridized carbons (Fsp3) is 0.333. The molecule has 8 heteroatoms. The molecule has 1 aliphatic rings. The maximum Gasteiger partial charge on any atom is 0.225 e. The number of carbonyl (C=O) groups excluding carboxylic acids is 1. The van der Waals surface area contributed by atoms with Crippen LogP contribution in [-0.4, -0.2) is 24.0 Å². The maximum absolute atomic E-state index is 12.3. The van der Waals surface area contributed by atoms with Crippen molar-refractivity contribution in [2.24, 2.45) is 0 Å². The van der Waals surface area contributed by atoms with E-state index in [0.717, 1.165) is 24.1 Å². The van der Waals surface area contributed by atoms with Gasteiger partial charge in [-0.25, -0.2) is 4.98 Å². The number of anilines is 1. The lowest BCUT2D eigenvalue weighted by Crippen LogP contribution is -2.33. The highest BCUT2D eigenvalue weighted by atomic mass is 35.5. The molecule has 0 saturated heterocycles. The van der Waals surface area contributed by atoms with Gasteiger partial charge in [-0.1, -0.05) is 11.6 Å². The van der Waals surface area contributed by atoms with E-state index in [1.54, 1.807) is 24.4 Å². The third-order valence-electron chi connectivity index (χ3n) is 5.48. The molecule has 1 amide bonds. The number of pyridine rings is 1. The number of halogens is 1. The van der Waals surface area contributed by atoms with Gasteiger partial charge in [-0.15, -0.1) is 0 Å². The molecule has 3 rings (SSSR count). The van der Waals surface area contributed by atoms with Gasteiger partial charge in [0, 0.05) is 48.2 Å². The van der Waals surface area contributed by atoms with Crippen LogP contribution in [0.3, 0.4) is 0 Å². The SMILES string of the molecule is CCN(/C(C)=C/NC(=O)CCNC1(c2cc(Cl)cc(C#N)c2)CC1)c1ccc(C#N)cn1. The Labute approximate surface area is 193 Å². The fourth-order valence-electron chi connectivity index (χ4n) is 3.58. The Morgan fingerprint density at radius 3 is 2.59 bits per heavy atom. The Hall–Kier alpha value is -3.39. The molecule has 0 unspecified atom stereocenters. The van der Waals surface area contributed by atoms with Crippen molar-refractivity contribution in [1.82, 2.24) is 15.6 Å². The molecule has 0 aliphatic heterocycles. The van der Waals surface area contributed by atoms with E-state index in [1.165, 1.54) is 6.20 Å². The molecular weight excluding hydrogens is 424 g/mol. The molecule has 1 aliphatic carbocycles. The first-order valence-electron chi connectivity index (χ1n) is 10.5. The number of nitrogens with zero attached hydrogens (tertiary/aromatic N) is 4. The molecule has 0 spiro atoms. The fourth-order valence-corrected chi connectivity index (χ4v) is 3.81. The first-order valence-corrected chi connectivity index (χ1v) is 10.8. The van der Waals surface area contributed by atoms with Crippen molar-refractivity contribution in [2.45, 2.75) is 38.6 Å². The summed E-state index contributed by atoms with van der Waals surface area (Å²) in [4.78, 5) is 18.6. The van der Waals surface area contributed by atoms with Crippen LogP contribution in [0.5, 0.6) is 0 Å². The molecule has 0 atom stereocenters. The summed E-state index contributed by atoms with van der Waals surface area (Å²) in [6.07, 6.45) is 5.42. The van der Waals surface area contributed by atoms with E-state index in [4.69, 9.17) is 16.9 Å². The molecule has 1 aromatic heterocycles. The molecule has 0 bridgehead atoms. The van der Waals surface area contributed by atoms with E-state index in [-0.39, 0.29) is 11.4 Å². The lowest BCUT2D eigenvalue weighted by atomic mass is 10.0. The Morgan fingerprint density at radius 1 is 1.25 bits per heavy atom. The van der Waals surface area contributed by atoms with Crippen LogP contribution in [0, 0.1) is 22.7 Å². The van der Waals surface area contributed by atoms with E-state index in [9.17, 15) is 10.1 Å². The van der Waals surface area contributed by atoms with Crippen molar-refractivity contribution in [3.8, 4) is 12.1 Å². The molecular formula is C24H25ClN6O. The number of carbonyl (C=O) groups is 1. The summed E-state index contributed by atoms with van der Waals surface area (Å²) >= 11 is 6.14. The van der Waals surface area contributed by atoms with E-state index >= 15 is 0 Å². The predicted octanol–water partition coefficient (Wildman–Crippen LogP) is 3.95. The highest BCUT2D eigenvalue weighted by molar-refractivity contribution is 6.30. The number of nitrogens with one attached hydrogen (secondary N) is 2. The van der Waals surface area contributed by atoms with Crippen molar-refractivity contribution >= 4 is 23.3 Å². The summed E-state index contributed by atoms with van der Waals surface area (Å²) in [6.45, 7) is 5.08. The summed E-state index contributed by atoms with van der Waals surface area (Å²) in [7, 11) is 0. The molecule has 1 aromatic carbocycles. The van der Waals surface area contributed by atoms with E-state index in [0.29, 0.717) is 41.5 Å². The summed E-state index contributed by atoms with van der Waals surface area (Å²) < 4.78 is 0. The topological polar surface area (TPSA) is 105 Å². The molecule has 2 N–H and O–H groups in total. The molecule has 1 saturated carbocycles. The summed E-state index contributed by atoms with van der Waals surface area (Å²) in [6, 6.07) is 13.1. The van der Waals surface area contributed by atoms with Gasteiger partial charge in [0.25, 0.3) is 0 Å². The maximum atomic E-state index is 12.3. The highest BCUT2D eigenvalue weighted by Gasteiger charge is 2.44. The Morgan fingerprint density at radius 2 is 2.00 bits per heavy atom. The number of benzene rings is 1. The monoisotopic (exact) mass is 448 g/mol. The predicted molar refractivity (Wildman–Crippen MR) is 124 cm³/mol. The standard InChI is InChI=1S/C24H25ClN6O/c1-3-31(22-5-4-18(13-26)16-28-22)17(2)15-29-23(32)6-9-30-24(7-8-24)20-10-19(14-27)11-21(25)12-20/h4-5,10-12,15-16,30H,3,6-9H2,1-2H3,(H,29,32)/b17-15+. The van der Waals surface area contributed by atoms with E-state index < -0.39 is 0 Å². The Balaban J connectivity index is 1.53. The van der Waals surface area contributed by atoms with Gasteiger partial charge in [-0.3, -0.25) is 4.79 Å².